The van der Waals surface area contributed by atoms with Gasteiger partial charge in [-0.05, 0) is 84.2 Å². The van der Waals surface area contributed by atoms with E-state index in [0.29, 0.717) is 43.8 Å². The molecule has 1 heteroatoms. The highest BCUT2D eigenvalue weighted by Crippen LogP contribution is 2.49. The molecular weight excluding hydrogens is 544 g/mol. The fourth-order valence-corrected chi connectivity index (χ4v) is 6.16. The van der Waals surface area contributed by atoms with Crippen LogP contribution in [-0.4, -0.2) is 0 Å². The first-order valence-corrected chi connectivity index (χ1v) is 14.1. The predicted octanol–water partition coefficient (Wildman–Crippen LogP) is 12.6. The molecule has 0 bridgehead atoms. The Morgan fingerprint density at radius 1 is 0.378 bits per heavy atom. The monoisotopic (exact) mass is 588 g/mol. The summed E-state index contributed by atoms with van der Waals surface area (Å²) in [6.45, 7) is 0. The Kier molecular flexibility index (Phi) is 3.28. The minimum atomic E-state index is -0.696. The highest BCUT2D eigenvalue weighted by molar-refractivity contribution is 6.26. The van der Waals surface area contributed by atoms with Crippen molar-refractivity contribution in [2.45, 2.75) is 0 Å². The molecule has 210 valence electrons. The van der Waals surface area contributed by atoms with Crippen LogP contribution >= 0.6 is 0 Å². The molecule has 9 rings (SSSR count). The van der Waals surface area contributed by atoms with Crippen LogP contribution in [0.2, 0.25) is 0 Å². The molecule has 1 nitrogen and oxygen atoms in total. The van der Waals surface area contributed by atoms with Crippen molar-refractivity contribution in [3.63, 3.8) is 0 Å². The highest BCUT2D eigenvalue weighted by atomic mass is 16.3. The molecule has 1 aromatic heterocycles. The van der Waals surface area contributed by atoms with E-state index in [2.05, 4.69) is 0 Å². The minimum absolute atomic E-state index is 0.00875. The van der Waals surface area contributed by atoms with Crippen LogP contribution in [0.3, 0.4) is 0 Å². The molecule has 0 aliphatic carbocycles. The lowest BCUT2D eigenvalue weighted by Crippen LogP contribution is -1.93. The van der Waals surface area contributed by atoms with Gasteiger partial charge in [-0.25, -0.2) is 0 Å². The van der Waals surface area contributed by atoms with Gasteiger partial charge in [0, 0.05) is 10.8 Å². The maximum atomic E-state index is 10.0. The molecule has 0 aliphatic heterocycles. The van der Waals surface area contributed by atoms with Crippen LogP contribution in [0.25, 0.3) is 88.0 Å². The molecule has 0 amide bonds. The van der Waals surface area contributed by atoms with Crippen LogP contribution in [-0.2, 0) is 0 Å². The summed E-state index contributed by atoms with van der Waals surface area (Å²) >= 11 is 0. The van der Waals surface area contributed by atoms with E-state index in [4.69, 9.17) is 23.6 Å². The molecule has 0 fully saturated rings. The first kappa shape index (κ1) is 14.2. The Morgan fingerprint density at radius 3 is 1.53 bits per heavy atom. The van der Waals surface area contributed by atoms with Crippen LogP contribution in [0.5, 0.6) is 0 Å². The third-order valence-corrected chi connectivity index (χ3v) is 7.97. The van der Waals surface area contributed by atoms with Gasteiger partial charge in [0.25, 0.3) is 0 Å². The average molecular weight is 589 g/mol. The highest BCUT2D eigenvalue weighted by Gasteiger charge is 2.22. The summed E-state index contributed by atoms with van der Waals surface area (Å²) in [5.74, 6) is 0. The number of benzene rings is 8. The molecule has 0 atom stereocenters. The predicted molar refractivity (Wildman–Crippen MR) is 190 cm³/mol. The summed E-state index contributed by atoms with van der Waals surface area (Å²) in [4.78, 5) is 0. The van der Waals surface area contributed by atoms with Gasteiger partial charge in [-0.2, -0.15) is 0 Å². The van der Waals surface area contributed by atoms with Crippen molar-refractivity contribution in [2.24, 2.45) is 0 Å². The van der Waals surface area contributed by atoms with E-state index < -0.39 is 102 Å². The van der Waals surface area contributed by atoms with E-state index in [-0.39, 0.29) is 38.6 Å². The average Bonchev–Trinajstić information content (AvgIpc) is 3.67. The molecule has 1 heterocycles. The van der Waals surface area contributed by atoms with Crippen molar-refractivity contribution in [2.75, 3.05) is 0 Å². The zero-order valence-electron chi connectivity index (χ0n) is 39.3. The van der Waals surface area contributed by atoms with Gasteiger partial charge in [-0.3, -0.25) is 0 Å². The number of furan rings is 1. The van der Waals surface area contributed by atoms with Gasteiger partial charge < -0.3 is 4.42 Å². The molecule has 0 unspecified atom stereocenters. The standard InChI is InChI=1S/C44H28O/c1-3-15-29(16-4-1)31-27-39(44-38-25-13-14-26-40(38)45-41(44)28-31)43-36-23-11-9-21-34(36)42(35-22-10-12-24-37(35)43)33-20-8-7-19-32(33)30-17-5-2-6-18-30/h1-28H/i1D,2D,3D,4D,5D,6D,13D,14D,15D,16D,17D,18D,25D,26D,27D,28D. The summed E-state index contributed by atoms with van der Waals surface area (Å²) in [5, 5.41) is 1.98. The van der Waals surface area contributed by atoms with E-state index in [1.165, 1.54) is 0 Å². The third-order valence-electron chi connectivity index (χ3n) is 7.97. The quantitative estimate of drug-likeness (QED) is 0.186. The number of hydrogen-bond donors (Lipinski definition) is 0. The smallest absolute Gasteiger partial charge is 0.136 e. The van der Waals surface area contributed by atoms with Gasteiger partial charge in [0.1, 0.15) is 11.2 Å². The molecule has 0 spiro atoms. The number of hydrogen-bond acceptors (Lipinski definition) is 1. The zero-order valence-corrected chi connectivity index (χ0v) is 23.3. The second kappa shape index (κ2) is 10.4. The molecule has 0 aliphatic rings. The fourth-order valence-electron chi connectivity index (χ4n) is 6.16. The molecule has 0 radical (unpaired) electrons. The topological polar surface area (TPSA) is 13.1 Å². The van der Waals surface area contributed by atoms with Crippen molar-refractivity contribution in [3.8, 4) is 44.5 Å². The minimum Gasteiger partial charge on any atom is -0.456 e. The number of rotatable bonds is 4. The van der Waals surface area contributed by atoms with Crippen molar-refractivity contribution in [1.82, 2.24) is 0 Å². The second-order valence-electron chi connectivity index (χ2n) is 10.4. The van der Waals surface area contributed by atoms with E-state index in [9.17, 15) is 2.74 Å². The van der Waals surface area contributed by atoms with E-state index >= 15 is 0 Å². The Bertz CT molecular complexity index is 3330. The van der Waals surface area contributed by atoms with Gasteiger partial charge in [0.05, 0.1) is 21.9 Å². The zero-order chi connectivity index (χ0) is 43.7. The lowest BCUT2D eigenvalue weighted by molar-refractivity contribution is 0.669. The Morgan fingerprint density at radius 2 is 0.889 bits per heavy atom. The molecule has 0 saturated heterocycles. The van der Waals surface area contributed by atoms with Gasteiger partial charge >= 0.3 is 0 Å². The van der Waals surface area contributed by atoms with Crippen LogP contribution < -0.4 is 0 Å². The van der Waals surface area contributed by atoms with E-state index in [0.717, 1.165) is 0 Å². The third kappa shape index (κ3) is 4.09. The molecule has 45 heavy (non-hydrogen) atoms. The van der Waals surface area contributed by atoms with Crippen molar-refractivity contribution >= 4 is 43.5 Å². The molecule has 8 aromatic carbocycles. The van der Waals surface area contributed by atoms with Gasteiger partial charge in [0.15, 0.2) is 0 Å². The second-order valence-corrected chi connectivity index (χ2v) is 10.4. The van der Waals surface area contributed by atoms with Crippen molar-refractivity contribution in [1.29, 1.82) is 0 Å². The Labute approximate surface area is 284 Å². The van der Waals surface area contributed by atoms with Crippen molar-refractivity contribution < 1.29 is 26.3 Å². The van der Waals surface area contributed by atoms with Crippen LogP contribution in [0.15, 0.2) is 174 Å². The summed E-state index contributed by atoms with van der Waals surface area (Å²) in [7, 11) is 0. The Balaban J connectivity index is 1.53. The van der Waals surface area contributed by atoms with Gasteiger partial charge in [0.2, 0.25) is 0 Å². The van der Waals surface area contributed by atoms with Gasteiger partial charge in [-0.1, -0.05) is 151 Å². The summed E-state index contributed by atoms with van der Waals surface area (Å²) in [6, 6.07) is 12.2. The number of fused-ring (bicyclic) bond motifs is 5. The van der Waals surface area contributed by atoms with Crippen molar-refractivity contribution in [3.05, 3.63) is 169 Å². The SMILES string of the molecule is [2H]c1c([2H])c([2H])c(-c2ccccc2-c2c3ccccc3c(-c3c([2H])c(-c4c([2H])c([2H])c([2H])c([2H])c4[2H])c([2H])c4oc5c([2H])c([2H])c([2H])c([2H])c5c34)c3ccccc23)c([2H])c1[2H]. The summed E-state index contributed by atoms with van der Waals surface area (Å²) in [5.41, 5.74) is 0.391. The van der Waals surface area contributed by atoms with Crippen LogP contribution in [0.1, 0.15) is 21.9 Å². The van der Waals surface area contributed by atoms with E-state index in [1.807, 2.05) is 12.1 Å². The van der Waals surface area contributed by atoms with Crippen LogP contribution in [0, 0.1) is 0 Å². The fraction of sp³-hybridized carbons (Fsp3) is 0. The normalized spacial score (nSPS) is 16.5. The molecule has 0 N–H and O–H groups in total. The maximum absolute atomic E-state index is 10.0. The maximum Gasteiger partial charge on any atom is 0.136 e. The lowest BCUT2D eigenvalue weighted by atomic mass is 9.82. The molecule has 0 saturated carbocycles. The summed E-state index contributed by atoms with van der Waals surface area (Å²) < 4.78 is 146. The summed E-state index contributed by atoms with van der Waals surface area (Å²) in [6.07, 6.45) is 0. The number of para-hydroxylation sites is 1. The molecular formula is C44H28O. The van der Waals surface area contributed by atoms with E-state index in [1.54, 1.807) is 60.7 Å². The first-order chi connectivity index (χ1) is 29.0. The van der Waals surface area contributed by atoms with Crippen LogP contribution in [0.4, 0.5) is 0 Å². The largest absolute Gasteiger partial charge is 0.456 e. The molecule has 9 aromatic rings. The first-order valence-electron chi connectivity index (χ1n) is 22.1. The van der Waals surface area contributed by atoms with Gasteiger partial charge in [-0.15, -0.1) is 0 Å². The Hall–Kier alpha value is -5.92. The lowest BCUT2D eigenvalue weighted by Gasteiger charge is -2.20.